The lowest BCUT2D eigenvalue weighted by Gasteiger charge is -2.24. The Labute approximate surface area is 155 Å². The smallest absolute Gasteiger partial charge is 0.118 e. The first kappa shape index (κ1) is 18.2. The van der Waals surface area contributed by atoms with E-state index in [9.17, 15) is 5.11 Å². The van der Waals surface area contributed by atoms with Gasteiger partial charge in [0.25, 0.3) is 0 Å². The molecule has 3 aromatic rings. The van der Waals surface area contributed by atoms with E-state index in [2.05, 4.69) is 29.6 Å². The summed E-state index contributed by atoms with van der Waals surface area (Å²) in [6.07, 6.45) is -0.516. The second-order valence-corrected chi connectivity index (χ2v) is 6.35. The van der Waals surface area contributed by atoms with Crippen molar-refractivity contribution in [1.29, 1.82) is 0 Å². The third kappa shape index (κ3) is 4.72. The Morgan fingerprint density at radius 2 is 1.35 bits per heavy atom. The minimum absolute atomic E-state index is 0.0548. The third-order valence-corrected chi connectivity index (χ3v) is 4.54. The van der Waals surface area contributed by atoms with Gasteiger partial charge in [0, 0.05) is 19.0 Å². The lowest BCUT2D eigenvalue weighted by molar-refractivity contribution is 0.153. The Morgan fingerprint density at radius 3 is 1.85 bits per heavy atom. The van der Waals surface area contributed by atoms with Gasteiger partial charge in [0.1, 0.15) is 5.75 Å². The van der Waals surface area contributed by atoms with Crippen LogP contribution in [-0.2, 0) is 6.54 Å². The van der Waals surface area contributed by atoms with E-state index >= 15 is 0 Å². The molecule has 0 radical (unpaired) electrons. The molecule has 0 aromatic heterocycles. The molecule has 0 aliphatic carbocycles. The maximum atomic E-state index is 10.9. The van der Waals surface area contributed by atoms with Crippen LogP contribution in [0.25, 0.3) is 0 Å². The summed E-state index contributed by atoms with van der Waals surface area (Å²) in [6, 6.07) is 28.3. The van der Waals surface area contributed by atoms with Crippen LogP contribution in [-0.4, -0.2) is 24.9 Å². The summed E-state index contributed by atoms with van der Waals surface area (Å²) < 4.78 is 5.18. The summed E-state index contributed by atoms with van der Waals surface area (Å²) in [5.41, 5.74) is 3.41. The quantitative estimate of drug-likeness (QED) is 0.648. The molecule has 3 aromatic carbocycles. The lowest BCUT2D eigenvalue weighted by Crippen LogP contribution is -2.32. The third-order valence-electron chi connectivity index (χ3n) is 4.54. The first-order valence-corrected chi connectivity index (χ1v) is 8.89. The van der Waals surface area contributed by atoms with Gasteiger partial charge >= 0.3 is 0 Å². The van der Waals surface area contributed by atoms with Gasteiger partial charge in [0.05, 0.1) is 13.2 Å². The van der Waals surface area contributed by atoms with Gasteiger partial charge in [-0.05, 0) is 28.8 Å². The first-order valence-electron chi connectivity index (χ1n) is 8.89. The molecular weight excluding hydrogens is 322 g/mol. The second kappa shape index (κ2) is 9.18. The molecule has 0 saturated carbocycles. The maximum absolute atomic E-state index is 10.9. The highest BCUT2D eigenvalue weighted by atomic mass is 16.5. The maximum Gasteiger partial charge on any atom is 0.118 e. The van der Waals surface area contributed by atoms with Gasteiger partial charge in [-0.25, -0.2) is 0 Å². The SMILES string of the molecule is COc1ccc(CNC[C@H](O)C(c2ccccc2)c2ccccc2)cc1. The van der Waals surface area contributed by atoms with Crippen LogP contribution in [0.3, 0.4) is 0 Å². The van der Waals surface area contributed by atoms with E-state index in [4.69, 9.17) is 4.74 Å². The van der Waals surface area contributed by atoms with Crippen molar-refractivity contribution in [2.75, 3.05) is 13.7 Å². The molecule has 0 fully saturated rings. The van der Waals surface area contributed by atoms with Gasteiger partial charge in [-0.2, -0.15) is 0 Å². The van der Waals surface area contributed by atoms with Crippen molar-refractivity contribution in [2.24, 2.45) is 0 Å². The van der Waals surface area contributed by atoms with Gasteiger partial charge in [-0.1, -0.05) is 72.8 Å². The van der Waals surface area contributed by atoms with Crippen LogP contribution in [0.4, 0.5) is 0 Å². The summed E-state index contributed by atoms with van der Waals surface area (Å²) in [4.78, 5) is 0. The van der Waals surface area contributed by atoms with Crippen LogP contribution in [0.5, 0.6) is 5.75 Å². The topological polar surface area (TPSA) is 41.5 Å². The molecule has 3 nitrogen and oxygen atoms in total. The van der Waals surface area contributed by atoms with Crippen LogP contribution in [0.15, 0.2) is 84.9 Å². The molecule has 0 spiro atoms. The number of hydrogen-bond acceptors (Lipinski definition) is 3. The molecule has 0 bridgehead atoms. The van der Waals surface area contributed by atoms with Gasteiger partial charge < -0.3 is 15.2 Å². The van der Waals surface area contributed by atoms with Crippen molar-refractivity contribution in [3.63, 3.8) is 0 Å². The van der Waals surface area contributed by atoms with Gasteiger partial charge in [-0.3, -0.25) is 0 Å². The van der Waals surface area contributed by atoms with Crippen molar-refractivity contribution in [2.45, 2.75) is 18.6 Å². The number of benzene rings is 3. The lowest BCUT2D eigenvalue weighted by atomic mass is 9.86. The highest BCUT2D eigenvalue weighted by molar-refractivity contribution is 5.34. The summed E-state index contributed by atoms with van der Waals surface area (Å²) in [5.74, 6) is 0.794. The van der Waals surface area contributed by atoms with E-state index in [1.165, 1.54) is 0 Å². The Morgan fingerprint density at radius 1 is 0.808 bits per heavy atom. The molecular formula is C23H25NO2. The zero-order valence-electron chi connectivity index (χ0n) is 15.0. The molecule has 3 rings (SSSR count). The molecule has 0 aliphatic heterocycles. The largest absolute Gasteiger partial charge is 0.497 e. The van der Waals surface area contributed by atoms with E-state index in [1.807, 2.05) is 60.7 Å². The summed E-state index contributed by atoms with van der Waals surface area (Å²) in [7, 11) is 1.66. The predicted octanol–water partition coefficient (Wildman–Crippen LogP) is 3.98. The van der Waals surface area contributed by atoms with Crippen molar-refractivity contribution in [3.8, 4) is 5.75 Å². The first-order chi connectivity index (χ1) is 12.8. The number of rotatable bonds is 8. The molecule has 0 amide bonds. The molecule has 1 atom stereocenters. The fourth-order valence-corrected chi connectivity index (χ4v) is 3.18. The minimum Gasteiger partial charge on any atom is -0.497 e. The van der Waals surface area contributed by atoms with Crippen LogP contribution in [0, 0.1) is 0 Å². The summed E-state index contributed by atoms with van der Waals surface area (Å²) in [5, 5.41) is 14.3. The number of aliphatic hydroxyl groups excluding tert-OH is 1. The Bertz CT molecular complexity index is 733. The number of hydrogen-bond donors (Lipinski definition) is 2. The fraction of sp³-hybridized carbons (Fsp3) is 0.217. The number of ether oxygens (including phenoxy) is 1. The van der Waals surface area contributed by atoms with E-state index in [0.717, 1.165) is 22.4 Å². The average molecular weight is 347 g/mol. The van der Waals surface area contributed by atoms with Crippen molar-refractivity contribution >= 4 is 0 Å². The predicted molar refractivity (Wildman–Crippen MR) is 105 cm³/mol. The van der Waals surface area contributed by atoms with Crippen LogP contribution in [0.1, 0.15) is 22.6 Å². The monoisotopic (exact) mass is 347 g/mol. The molecule has 0 saturated heterocycles. The van der Waals surface area contributed by atoms with Crippen molar-refractivity contribution < 1.29 is 9.84 Å². The molecule has 26 heavy (non-hydrogen) atoms. The van der Waals surface area contributed by atoms with Crippen LogP contribution < -0.4 is 10.1 Å². The summed E-state index contributed by atoms with van der Waals surface area (Å²) >= 11 is 0. The Hall–Kier alpha value is -2.62. The van der Waals surface area contributed by atoms with Crippen LogP contribution >= 0.6 is 0 Å². The second-order valence-electron chi connectivity index (χ2n) is 6.35. The minimum atomic E-state index is -0.516. The Balaban J connectivity index is 1.66. The number of methoxy groups -OCH3 is 1. The van der Waals surface area contributed by atoms with E-state index in [0.29, 0.717) is 13.1 Å². The molecule has 2 N–H and O–H groups in total. The summed E-state index contributed by atoms with van der Waals surface area (Å²) in [6.45, 7) is 1.22. The molecule has 0 heterocycles. The standard InChI is InChI=1S/C23H25NO2/c1-26-21-14-12-18(13-15-21)16-24-17-22(25)23(19-8-4-2-5-9-19)20-10-6-3-7-11-20/h2-15,22-25H,16-17H2,1H3/t22-/m0/s1. The molecule has 0 aliphatic rings. The van der Waals surface area contributed by atoms with E-state index < -0.39 is 6.10 Å². The van der Waals surface area contributed by atoms with Crippen molar-refractivity contribution in [1.82, 2.24) is 5.32 Å². The van der Waals surface area contributed by atoms with Gasteiger partial charge in [0.15, 0.2) is 0 Å². The van der Waals surface area contributed by atoms with Crippen molar-refractivity contribution in [3.05, 3.63) is 102 Å². The zero-order valence-corrected chi connectivity index (χ0v) is 15.0. The molecule has 134 valence electrons. The molecule has 3 heteroatoms. The van der Waals surface area contributed by atoms with Gasteiger partial charge in [-0.15, -0.1) is 0 Å². The van der Waals surface area contributed by atoms with Crippen LogP contribution in [0.2, 0.25) is 0 Å². The highest BCUT2D eigenvalue weighted by Crippen LogP contribution is 2.27. The number of aliphatic hydroxyl groups is 1. The molecule has 0 unspecified atom stereocenters. The number of nitrogens with one attached hydrogen (secondary N) is 1. The van der Waals surface area contributed by atoms with E-state index in [1.54, 1.807) is 7.11 Å². The van der Waals surface area contributed by atoms with E-state index in [-0.39, 0.29) is 5.92 Å². The Kier molecular flexibility index (Phi) is 6.42. The fourth-order valence-electron chi connectivity index (χ4n) is 3.18. The highest BCUT2D eigenvalue weighted by Gasteiger charge is 2.22. The normalized spacial score (nSPS) is 12.1. The van der Waals surface area contributed by atoms with Gasteiger partial charge in [0.2, 0.25) is 0 Å². The zero-order chi connectivity index (χ0) is 18.2. The average Bonchev–Trinajstić information content (AvgIpc) is 2.70.